The van der Waals surface area contributed by atoms with E-state index in [0.29, 0.717) is 0 Å². The molecule has 1 aromatic heterocycles. The minimum Gasteiger partial charge on any atom is -0.326 e. The first-order chi connectivity index (χ1) is 14.2. The van der Waals surface area contributed by atoms with Crippen LogP contribution < -0.4 is 5.32 Å². The molecule has 4 rings (SSSR count). The summed E-state index contributed by atoms with van der Waals surface area (Å²) in [7, 11) is 0. The zero-order chi connectivity index (χ0) is 20.1. The van der Waals surface area contributed by atoms with Crippen LogP contribution in [0, 0.1) is 12.8 Å². The SMILES string of the molecule is Cc1cccc(-c2ccc(NC(=O)C3CCN(Cc4ccncc4)CC3)cc2)c1. The number of nitrogens with one attached hydrogen (secondary N) is 1. The fourth-order valence-electron chi connectivity index (χ4n) is 3.91. The van der Waals surface area contributed by atoms with Crippen molar-refractivity contribution in [3.8, 4) is 11.1 Å². The molecule has 1 aliphatic rings. The van der Waals surface area contributed by atoms with Crippen molar-refractivity contribution in [1.29, 1.82) is 0 Å². The van der Waals surface area contributed by atoms with Gasteiger partial charge in [0.25, 0.3) is 0 Å². The monoisotopic (exact) mass is 385 g/mol. The minimum atomic E-state index is 0.0835. The molecule has 0 saturated carbocycles. The van der Waals surface area contributed by atoms with E-state index < -0.39 is 0 Å². The van der Waals surface area contributed by atoms with Crippen LogP contribution in [0.3, 0.4) is 0 Å². The average molecular weight is 386 g/mol. The third-order valence-corrected chi connectivity index (χ3v) is 5.62. The quantitative estimate of drug-likeness (QED) is 0.679. The smallest absolute Gasteiger partial charge is 0.227 e. The number of piperidine rings is 1. The number of rotatable bonds is 5. The van der Waals surface area contributed by atoms with Gasteiger partial charge in [0.2, 0.25) is 5.91 Å². The molecule has 0 atom stereocenters. The predicted molar refractivity (Wildman–Crippen MR) is 117 cm³/mol. The van der Waals surface area contributed by atoms with E-state index in [1.807, 2.05) is 24.5 Å². The summed E-state index contributed by atoms with van der Waals surface area (Å²) in [5, 5.41) is 3.10. The summed E-state index contributed by atoms with van der Waals surface area (Å²) in [6.45, 7) is 4.93. The first-order valence-electron chi connectivity index (χ1n) is 10.3. The van der Waals surface area contributed by atoms with Gasteiger partial charge < -0.3 is 5.32 Å². The van der Waals surface area contributed by atoms with Gasteiger partial charge in [-0.2, -0.15) is 0 Å². The first-order valence-corrected chi connectivity index (χ1v) is 10.3. The van der Waals surface area contributed by atoms with E-state index in [4.69, 9.17) is 0 Å². The van der Waals surface area contributed by atoms with Crippen molar-refractivity contribution in [1.82, 2.24) is 9.88 Å². The van der Waals surface area contributed by atoms with Crippen LogP contribution in [0.2, 0.25) is 0 Å². The summed E-state index contributed by atoms with van der Waals surface area (Å²) in [6, 6.07) is 20.7. The molecule has 4 heteroatoms. The van der Waals surface area contributed by atoms with Crippen LogP contribution in [0.5, 0.6) is 0 Å². The summed E-state index contributed by atoms with van der Waals surface area (Å²) in [5.41, 5.74) is 5.75. The Kier molecular flexibility index (Phi) is 6.01. The van der Waals surface area contributed by atoms with Crippen LogP contribution in [-0.2, 0) is 11.3 Å². The van der Waals surface area contributed by atoms with Crippen LogP contribution in [0.25, 0.3) is 11.1 Å². The molecule has 1 fully saturated rings. The highest BCUT2D eigenvalue weighted by atomic mass is 16.1. The second-order valence-electron chi connectivity index (χ2n) is 7.84. The number of amides is 1. The Labute approximate surface area is 172 Å². The predicted octanol–water partition coefficient (Wildman–Crippen LogP) is 4.91. The fourth-order valence-corrected chi connectivity index (χ4v) is 3.91. The molecule has 3 aromatic rings. The largest absolute Gasteiger partial charge is 0.326 e. The molecule has 0 bridgehead atoms. The van der Waals surface area contributed by atoms with Crippen LogP contribution in [0.1, 0.15) is 24.0 Å². The molecule has 2 heterocycles. The molecule has 0 spiro atoms. The van der Waals surface area contributed by atoms with E-state index >= 15 is 0 Å². The molecule has 2 aromatic carbocycles. The van der Waals surface area contributed by atoms with E-state index in [9.17, 15) is 4.79 Å². The Morgan fingerprint density at radius 2 is 1.72 bits per heavy atom. The van der Waals surface area contributed by atoms with Crippen LogP contribution in [0.15, 0.2) is 73.1 Å². The summed E-state index contributed by atoms with van der Waals surface area (Å²) in [4.78, 5) is 19.2. The molecule has 4 nitrogen and oxygen atoms in total. The number of carbonyl (C=O) groups excluding carboxylic acids is 1. The van der Waals surface area contributed by atoms with Gasteiger partial charge in [0, 0.05) is 30.5 Å². The molecular weight excluding hydrogens is 358 g/mol. The van der Waals surface area contributed by atoms with Gasteiger partial charge in [-0.25, -0.2) is 0 Å². The lowest BCUT2D eigenvalue weighted by Crippen LogP contribution is -2.37. The minimum absolute atomic E-state index is 0.0835. The number of nitrogens with zero attached hydrogens (tertiary/aromatic N) is 2. The van der Waals surface area contributed by atoms with Crippen molar-refractivity contribution in [3.63, 3.8) is 0 Å². The van der Waals surface area contributed by atoms with Crippen LogP contribution in [0.4, 0.5) is 5.69 Å². The molecule has 0 unspecified atom stereocenters. The Morgan fingerprint density at radius 1 is 1.00 bits per heavy atom. The zero-order valence-electron chi connectivity index (χ0n) is 16.8. The van der Waals surface area contributed by atoms with E-state index in [-0.39, 0.29) is 11.8 Å². The summed E-state index contributed by atoms with van der Waals surface area (Å²) >= 11 is 0. The number of pyridine rings is 1. The second-order valence-corrected chi connectivity index (χ2v) is 7.84. The lowest BCUT2D eigenvalue weighted by atomic mass is 9.95. The lowest BCUT2D eigenvalue weighted by molar-refractivity contribution is -0.121. The molecular formula is C25H27N3O. The van der Waals surface area contributed by atoms with Crippen molar-refractivity contribution in [3.05, 3.63) is 84.2 Å². The number of benzene rings is 2. The van der Waals surface area contributed by atoms with Crippen molar-refractivity contribution in [2.45, 2.75) is 26.3 Å². The number of carbonyl (C=O) groups is 1. The zero-order valence-corrected chi connectivity index (χ0v) is 16.8. The van der Waals surface area contributed by atoms with Gasteiger partial charge in [-0.05, 0) is 73.8 Å². The Balaban J connectivity index is 1.29. The van der Waals surface area contributed by atoms with E-state index in [1.165, 1.54) is 16.7 Å². The molecule has 1 N–H and O–H groups in total. The molecule has 148 valence electrons. The first kappa shape index (κ1) is 19.3. The highest BCUT2D eigenvalue weighted by Gasteiger charge is 2.25. The molecule has 0 aliphatic carbocycles. The van der Waals surface area contributed by atoms with Crippen molar-refractivity contribution < 1.29 is 4.79 Å². The highest BCUT2D eigenvalue weighted by Crippen LogP contribution is 2.24. The van der Waals surface area contributed by atoms with E-state index in [0.717, 1.165) is 43.7 Å². The Bertz CT molecular complexity index is 945. The normalized spacial score (nSPS) is 15.2. The van der Waals surface area contributed by atoms with Gasteiger partial charge >= 0.3 is 0 Å². The van der Waals surface area contributed by atoms with Gasteiger partial charge in [0.15, 0.2) is 0 Å². The summed E-state index contributed by atoms with van der Waals surface area (Å²) in [5.74, 6) is 0.219. The topological polar surface area (TPSA) is 45.2 Å². The average Bonchev–Trinajstić information content (AvgIpc) is 2.75. The van der Waals surface area contributed by atoms with Gasteiger partial charge in [0.1, 0.15) is 0 Å². The third-order valence-electron chi connectivity index (χ3n) is 5.62. The number of aromatic nitrogens is 1. The number of aryl methyl sites for hydroxylation is 1. The molecule has 1 aliphatic heterocycles. The van der Waals surface area contributed by atoms with Crippen molar-refractivity contribution in [2.75, 3.05) is 18.4 Å². The van der Waals surface area contributed by atoms with Crippen molar-refractivity contribution in [2.24, 2.45) is 5.92 Å². The highest BCUT2D eigenvalue weighted by molar-refractivity contribution is 5.92. The van der Waals surface area contributed by atoms with Gasteiger partial charge in [-0.3, -0.25) is 14.7 Å². The molecule has 29 heavy (non-hydrogen) atoms. The van der Waals surface area contributed by atoms with Gasteiger partial charge in [-0.15, -0.1) is 0 Å². The van der Waals surface area contributed by atoms with Crippen LogP contribution >= 0.6 is 0 Å². The number of likely N-dealkylation sites (tertiary alicyclic amines) is 1. The molecule has 1 saturated heterocycles. The third kappa shape index (κ3) is 5.09. The maximum Gasteiger partial charge on any atom is 0.227 e. The standard InChI is InChI=1S/C25H27N3O/c1-19-3-2-4-23(17-19)21-5-7-24(8-6-21)27-25(29)22-11-15-28(16-12-22)18-20-9-13-26-14-10-20/h2-10,13-14,17,22H,11-12,15-16,18H2,1H3,(H,27,29). The summed E-state index contributed by atoms with van der Waals surface area (Å²) in [6.07, 6.45) is 5.47. The molecule has 1 amide bonds. The lowest BCUT2D eigenvalue weighted by Gasteiger charge is -2.31. The summed E-state index contributed by atoms with van der Waals surface area (Å²) < 4.78 is 0. The maximum atomic E-state index is 12.7. The molecule has 0 radical (unpaired) electrons. The Hall–Kier alpha value is -2.98. The van der Waals surface area contributed by atoms with Crippen LogP contribution in [-0.4, -0.2) is 28.9 Å². The maximum absolute atomic E-state index is 12.7. The number of hydrogen-bond acceptors (Lipinski definition) is 3. The number of hydrogen-bond donors (Lipinski definition) is 1. The van der Waals surface area contributed by atoms with Gasteiger partial charge in [0.05, 0.1) is 0 Å². The Morgan fingerprint density at radius 3 is 2.41 bits per heavy atom. The fraction of sp³-hybridized carbons (Fsp3) is 0.280. The van der Waals surface area contributed by atoms with Gasteiger partial charge in [-0.1, -0.05) is 42.0 Å². The number of anilines is 1. The second kappa shape index (κ2) is 9.01. The van der Waals surface area contributed by atoms with E-state index in [2.05, 4.69) is 70.7 Å². The van der Waals surface area contributed by atoms with E-state index in [1.54, 1.807) is 0 Å². The van der Waals surface area contributed by atoms with Crippen molar-refractivity contribution >= 4 is 11.6 Å².